The summed E-state index contributed by atoms with van der Waals surface area (Å²) >= 11 is 0. The van der Waals surface area contributed by atoms with Crippen molar-refractivity contribution in [2.75, 3.05) is 4.90 Å². The average molecular weight is 393 g/mol. The quantitative estimate of drug-likeness (QED) is 0.691. The lowest BCUT2D eigenvalue weighted by atomic mass is 9.98. The number of rotatable bonds is 4. The number of benzene rings is 2. The highest BCUT2D eigenvalue weighted by atomic mass is 19.3. The fourth-order valence-corrected chi connectivity index (χ4v) is 3.53. The Balaban J connectivity index is 1.81. The van der Waals surface area contributed by atoms with Crippen LogP contribution in [0.15, 0.2) is 42.5 Å². The minimum absolute atomic E-state index is 0.209. The Hall–Kier alpha value is -2.94. The predicted octanol–water partition coefficient (Wildman–Crippen LogP) is 3.51. The van der Waals surface area contributed by atoms with Crippen LogP contribution in [0, 0.1) is 0 Å². The summed E-state index contributed by atoms with van der Waals surface area (Å²) in [7, 11) is 1.70. The highest BCUT2D eigenvalue weighted by Gasteiger charge is 2.55. The van der Waals surface area contributed by atoms with E-state index in [4.69, 9.17) is 0 Å². The molecule has 3 aromatic rings. The third-order valence-electron chi connectivity index (χ3n) is 4.93. The first-order chi connectivity index (χ1) is 13.2. The van der Waals surface area contributed by atoms with Crippen molar-refractivity contribution < 1.29 is 27.5 Å². The second-order valence-electron chi connectivity index (χ2n) is 6.56. The molecule has 0 fully saturated rings. The van der Waals surface area contributed by atoms with Crippen LogP contribution in [0.1, 0.15) is 23.1 Å². The minimum atomic E-state index is -4.02. The number of imidazole rings is 1. The van der Waals surface area contributed by atoms with Crippen LogP contribution in [0.2, 0.25) is 0 Å². The zero-order valence-corrected chi connectivity index (χ0v) is 14.6. The van der Waals surface area contributed by atoms with E-state index in [1.54, 1.807) is 35.9 Å². The zero-order chi connectivity index (χ0) is 20.2. The SMILES string of the molecule is Cn1c(CN2C(=O)C(F)(F)c3c(C(O)C(F)F)cccc32)nc2ccccc21. The van der Waals surface area contributed by atoms with E-state index in [1.165, 1.54) is 12.1 Å². The highest BCUT2D eigenvalue weighted by Crippen LogP contribution is 2.48. The number of aromatic nitrogens is 2. The first-order valence-electron chi connectivity index (χ1n) is 8.43. The summed E-state index contributed by atoms with van der Waals surface area (Å²) < 4.78 is 57.0. The normalized spacial score (nSPS) is 16.8. The zero-order valence-electron chi connectivity index (χ0n) is 14.6. The van der Waals surface area contributed by atoms with Crippen LogP contribution in [-0.2, 0) is 24.3 Å². The van der Waals surface area contributed by atoms with Crippen LogP contribution in [0.4, 0.5) is 23.2 Å². The van der Waals surface area contributed by atoms with Crippen molar-refractivity contribution in [2.24, 2.45) is 7.05 Å². The number of hydrogen-bond acceptors (Lipinski definition) is 3. The van der Waals surface area contributed by atoms with Gasteiger partial charge in [-0.3, -0.25) is 9.69 Å². The topological polar surface area (TPSA) is 58.4 Å². The van der Waals surface area contributed by atoms with Crippen molar-refractivity contribution >= 4 is 22.6 Å². The van der Waals surface area contributed by atoms with Crippen LogP contribution in [0.25, 0.3) is 11.0 Å². The Morgan fingerprint density at radius 1 is 1.14 bits per heavy atom. The largest absolute Gasteiger partial charge is 0.382 e. The van der Waals surface area contributed by atoms with Gasteiger partial charge in [0.05, 0.1) is 28.8 Å². The van der Waals surface area contributed by atoms with Crippen molar-refractivity contribution in [2.45, 2.75) is 25.0 Å². The summed E-state index contributed by atoms with van der Waals surface area (Å²) in [5.74, 6) is -5.20. The Morgan fingerprint density at radius 2 is 1.86 bits per heavy atom. The van der Waals surface area contributed by atoms with Gasteiger partial charge in [0.25, 0.3) is 6.43 Å². The van der Waals surface area contributed by atoms with Crippen molar-refractivity contribution in [1.29, 1.82) is 0 Å². The van der Waals surface area contributed by atoms with E-state index in [-0.39, 0.29) is 12.2 Å². The van der Waals surface area contributed by atoms with Gasteiger partial charge in [-0.15, -0.1) is 0 Å². The molecule has 1 amide bonds. The van der Waals surface area contributed by atoms with Gasteiger partial charge in [0.2, 0.25) is 0 Å². The summed E-state index contributed by atoms with van der Waals surface area (Å²) in [5, 5.41) is 9.67. The number of nitrogens with zero attached hydrogens (tertiary/aromatic N) is 3. The molecule has 0 saturated carbocycles. The number of aryl methyl sites for hydroxylation is 1. The summed E-state index contributed by atoms with van der Waals surface area (Å²) in [4.78, 5) is 17.6. The predicted molar refractivity (Wildman–Crippen MR) is 93.2 cm³/mol. The van der Waals surface area contributed by atoms with Crippen LogP contribution in [-0.4, -0.2) is 27.0 Å². The van der Waals surface area contributed by atoms with Crippen LogP contribution < -0.4 is 4.90 Å². The highest BCUT2D eigenvalue weighted by molar-refractivity contribution is 6.06. The summed E-state index contributed by atoms with van der Waals surface area (Å²) in [6.07, 6.45) is -5.67. The molecule has 0 aliphatic carbocycles. The van der Waals surface area contributed by atoms with Gasteiger partial charge < -0.3 is 9.67 Å². The van der Waals surface area contributed by atoms with Crippen molar-refractivity contribution in [3.8, 4) is 0 Å². The molecule has 1 aromatic heterocycles. The van der Waals surface area contributed by atoms with Crippen LogP contribution in [0.5, 0.6) is 0 Å². The molecule has 1 aliphatic rings. The lowest BCUT2D eigenvalue weighted by Crippen LogP contribution is -2.35. The molecule has 28 heavy (non-hydrogen) atoms. The number of anilines is 1. The number of amides is 1. The van der Waals surface area contributed by atoms with E-state index in [1.807, 2.05) is 0 Å². The van der Waals surface area contributed by atoms with Gasteiger partial charge >= 0.3 is 11.8 Å². The third kappa shape index (κ3) is 2.57. The molecule has 1 unspecified atom stereocenters. The van der Waals surface area contributed by atoms with E-state index < -0.39 is 35.5 Å². The molecule has 146 valence electrons. The van der Waals surface area contributed by atoms with Crippen molar-refractivity contribution in [1.82, 2.24) is 9.55 Å². The van der Waals surface area contributed by atoms with E-state index in [0.29, 0.717) is 11.3 Å². The van der Waals surface area contributed by atoms with Crippen molar-refractivity contribution in [3.63, 3.8) is 0 Å². The maximum absolute atomic E-state index is 14.7. The van der Waals surface area contributed by atoms with E-state index >= 15 is 0 Å². The van der Waals surface area contributed by atoms with Crippen molar-refractivity contribution in [3.05, 3.63) is 59.4 Å². The standard InChI is InChI=1S/C19H15F4N3O2/c1-25-12-7-3-2-6-11(12)24-14(25)9-26-13-8-4-5-10(16(27)17(20)21)15(13)19(22,23)18(26)28/h2-8,16-17,27H,9H2,1H3. The van der Waals surface area contributed by atoms with Gasteiger partial charge in [-0.05, 0) is 23.8 Å². The molecule has 1 N–H and O–H groups in total. The Kier molecular flexibility index (Phi) is 4.15. The molecule has 1 atom stereocenters. The fourth-order valence-electron chi connectivity index (χ4n) is 3.53. The van der Waals surface area contributed by atoms with E-state index in [9.17, 15) is 27.5 Å². The maximum Gasteiger partial charge on any atom is 0.352 e. The Bertz CT molecular complexity index is 1080. The molecule has 9 heteroatoms. The number of carbonyl (C=O) groups excluding carboxylic acids is 1. The smallest absolute Gasteiger partial charge is 0.352 e. The Labute approximate surface area is 156 Å². The van der Waals surface area contributed by atoms with Crippen LogP contribution >= 0.6 is 0 Å². The van der Waals surface area contributed by atoms with Gasteiger partial charge in [0, 0.05) is 7.05 Å². The number of halogens is 4. The van der Waals surface area contributed by atoms with Gasteiger partial charge in [0.1, 0.15) is 11.9 Å². The monoisotopic (exact) mass is 393 g/mol. The molecule has 0 bridgehead atoms. The number of para-hydroxylation sites is 2. The lowest BCUT2D eigenvalue weighted by Gasteiger charge is -2.18. The molecule has 1 aliphatic heterocycles. The van der Waals surface area contributed by atoms with Gasteiger partial charge in [-0.25, -0.2) is 13.8 Å². The van der Waals surface area contributed by atoms with E-state index in [2.05, 4.69) is 4.98 Å². The van der Waals surface area contributed by atoms with Gasteiger partial charge in [0.15, 0.2) is 0 Å². The fraction of sp³-hybridized carbons (Fsp3) is 0.263. The Morgan fingerprint density at radius 3 is 2.54 bits per heavy atom. The molecule has 0 saturated heterocycles. The number of fused-ring (bicyclic) bond motifs is 2. The second kappa shape index (κ2) is 6.30. The molecular weight excluding hydrogens is 378 g/mol. The molecule has 0 radical (unpaired) electrons. The summed E-state index contributed by atoms with van der Waals surface area (Å²) in [5.41, 5.74) is -0.345. The third-order valence-corrected chi connectivity index (χ3v) is 4.93. The van der Waals surface area contributed by atoms with Crippen LogP contribution in [0.3, 0.4) is 0 Å². The number of carbonyl (C=O) groups is 1. The van der Waals surface area contributed by atoms with Gasteiger partial charge in [-0.2, -0.15) is 8.78 Å². The number of aliphatic hydroxyl groups is 1. The van der Waals surface area contributed by atoms with E-state index in [0.717, 1.165) is 16.5 Å². The average Bonchev–Trinajstić information content (AvgIpc) is 3.09. The number of hydrogen-bond donors (Lipinski definition) is 1. The molecule has 2 aromatic carbocycles. The molecular formula is C19H15F4N3O2. The molecule has 2 heterocycles. The summed E-state index contributed by atoms with van der Waals surface area (Å²) in [6, 6.07) is 10.6. The second-order valence-corrected chi connectivity index (χ2v) is 6.56. The lowest BCUT2D eigenvalue weighted by molar-refractivity contribution is -0.142. The first-order valence-corrected chi connectivity index (χ1v) is 8.43. The van der Waals surface area contributed by atoms with Gasteiger partial charge in [-0.1, -0.05) is 24.3 Å². The molecule has 5 nitrogen and oxygen atoms in total. The molecule has 4 rings (SSSR count). The number of aliphatic hydroxyl groups excluding tert-OH is 1. The summed E-state index contributed by atoms with van der Waals surface area (Å²) in [6.45, 7) is -0.263. The number of alkyl halides is 4. The molecule has 0 spiro atoms. The minimum Gasteiger partial charge on any atom is -0.382 e. The maximum atomic E-state index is 14.7. The first kappa shape index (κ1) is 18.4.